The number of nitrogens with zero attached hydrogens (tertiary/aromatic N) is 2. The van der Waals surface area contributed by atoms with Crippen LogP contribution in [0.5, 0.6) is 5.88 Å². The first-order valence-corrected chi connectivity index (χ1v) is 5.10. The van der Waals surface area contributed by atoms with Gasteiger partial charge in [-0.15, -0.1) is 0 Å². The molecule has 0 spiro atoms. The summed E-state index contributed by atoms with van der Waals surface area (Å²) in [5.41, 5.74) is 0.466. The Balaban J connectivity index is 2.67. The van der Waals surface area contributed by atoms with Crippen LogP contribution in [0.1, 0.15) is 23.7 Å². The molecular formula is C11H16N2O3. The number of hydrogen-bond acceptors (Lipinski definition) is 4. The Kier molecular flexibility index (Phi) is 4.72. The standard InChI is InChI=1S/C11H16N2O3/c1-4-7-16-10-6-5-9(8-12-10)11(14)13(2)15-3/h5-6,8H,4,7H2,1-3H3. The first-order chi connectivity index (χ1) is 7.69. The third kappa shape index (κ3) is 3.20. The zero-order chi connectivity index (χ0) is 12.0. The lowest BCUT2D eigenvalue weighted by Crippen LogP contribution is -2.25. The highest BCUT2D eigenvalue weighted by molar-refractivity contribution is 5.93. The van der Waals surface area contributed by atoms with E-state index in [0.29, 0.717) is 18.1 Å². The van der Waals surface area contributed by atoms with Crippen LogP contribution in [0.4, 0.5) is 0 Å². The van der Waals surface area contributed by atoms with Gasteiger partial charge in [-0.1, -0.05) is 6.92 Å². The molecule has 0 aliphatic carbocycles. The van der Waals surface area contributed by atoms with Crippen LogP contribution in [0.3, 0.4) is 0 Å². The third-order valence-corrected chi connectivity index (χ3v) is 2.00. The lowest BCUT2D eigenvalue weighted by Gasteiger charge is -2.13. The van der Waals surface area contributed by atoms with Crippen molar-refractivity contribution in [2.75, 3.05) is 20.8 Å². The number of hydrogen-bond donors (Lipinski definition) is 0. The van der Waals surface area contributed by atoms with Crippen molar-refractivity contribution in [3.05, 3.63) is 23.9 Å². The predicted octanol–water partition coefficient (Wildman–Crippen LogP) is 1.50. The second-order valence-corrected chi connectivity index (χ2v) is 3.22. The van der Waals surface area contributed by atoms with Gasteiger partial charge in [-0.05, 0) is 12.5 Å². The Hall–Kier alpha value is -1.62. The maximum atomic E-state index is 11.6. The lowest BCUT2D eigenvalue weighted by molar-refractivity contribution is -0.0757. The summed E-state index contributed by atoms with van der Waals surface area (Å²) in [5, 5.41) is 1.14. The molecule has 0 bridgehead atoms. The molecule has 0 fully saturated rings. The molecule has 5 nitrogen and oxygen atoms in total. The van der Waals surface area contributed by atoms with Gasteiger partial charge in [-0.2, -0.15) is 0 Å². The lowest BCUT2D eigenvalue weighted by atomic mass is 10.3. The summed E-state index contributed by atoms with van der Waals surface area (Å²) in [6.07, 6.45) is 2.40. The number of carbonyl (C=O) groups excluding carboxylic acids is 1. The van der Waals surface area contributed by atoms with Crippen LogP contribution < -0.4 is 4.74 Å². The molecular weight excluding hydrogens is 208 g/mol. The van der Waals surface area contributed by atoms with E-state index in [1.165, 1.54) is 13.3 Å². The van der Waals surface area contributed by atoms with Crippen molar-refractivity contribution < 1.29 is 14.4 Å². The molecule has 0 aliphatic heterocycles. The van der Waals surface area contributed by atoms with Crippen molar-refractivity contribution in [3.63, 3.8) is 0 Å². The van der Waals surface area contributed by atoms with Crippen LogP contribution in [0.2, 0.25) is 0 Å². The van der Waals surface area contributed by atoms with Crippen molar-refractivity contribution in [3.8, 4) is 5.88 Å². The summed E-state index contributed by atoms with van der Waals surface area (Å²) < 4.78 is 5.31. The van der Waals surface area contributed by atoms with Gasteiger partial charge in [-0.25, -0.2) is 10.0 Å². The molecule has 0 saturated heterocycles. The van der Waals surface area contributed by atoms with Gasteiger partial charge in [0.15, 0.2) is 0 Å². The normalized spacial score (nSPS) is 9.94. The summed E-state index contributed by atoms with van der Waals surface area (Å²) in [6.45, 7) is 2.64. The fourth-order valence-electron chi connectivity index (χ4n) is 1.06. The molecule has 1 aromatic heterocycles. The van der Waals surface area contributed by atoms with Crippen LogP contribution in [0.15, 0.2) is 18.3 Å². The van der Waals surface area contributed by atoms with E-state index >= 15 is 0 Å². The van der Waals surface area contributed by atoms with Crippen molar-refractivity contribution in [1.29, 1.82) is 0 Å². The molecule has 1 rings (SSSR count). The largest absolute Gasteiger partial charge is 0.478 e. The number of carbonyl (C=O) groups is 1. The van der Waals surface area contributed by atoms with Gasteiger partial charge < -0.3 is 4.74 Å². The van der Waals surface area contributed by atoms with Crippen LogP contribution in [-0.2, 0) is 4.84 Å². The number of pyridine rings is 1. The van der Waals surface area contributed by atoms with Gasteiger partial charge in [0.05, 0.1) is 19.3 Å². The zero-order valence-electron chi connectivity index (χ0n) is 9.77. The Bertz CT molecular complexity index is 338. The van der Waals surface area contributed by atoms with Crippen LogP contribution in [-0.4, -0.2) is 36.7 Å². The average molecular weight is 224 g/mol. The fraction of sp³-hybridized carbons (Fsp3) is 0.455. The van der Waals surface area contributed by atoms with Gasteiger partial charge in [0, 0.05) is 19.3 Å². The smallest absolute Gasteiger partial charge is 0.278 e. The summed E-state index contributed by atoms with van der Waals surface area (Å²) in [4.78, 5) is 20.4. The van der Waals surface area contributed by atoms with Gasteiger partial charge >= 0.3 is 0 Å². The van der Waals surface area contributed by atoms with Gasteiger partial charge in [-0.3, -0.25) is 9.63 Å². The second-order valence-electron chi connectivity index (χ2n) is 3.22. The molecule has 5 heteroatoms. The number of rotatable bonds is 5. The fourth-order valence-corrected chi connectivity index (χ4v) is 1.06. The molecule has 0 atom stereocenters. The molecule has 0 N–H and O–H groups in total. The molecule has 88 valence electrons. The average Bonchev–Trinajstić information content (AvgIpc) is 2.35. The summed E-state index contributed by atoms with van der Waals surface area (Å²) >= 11 is 0. The highest BCUT2D eigenvalue weighted by Gasteiger charge is 2.11. The quantitative estimate of drug-likeness (QED) is 0.711. The Labute approximate surface area is 94.9 Å². The third-order valence-electron chi connectivity index (χ3n) is 2.00. The summed E-state index contributed by atoms with van der Waals surface area (Å²) in [6, 6.07) is 3.34. The first kappa shape index (κ1) is 12.4. The van der Waals surface area contributed by atoms with Crippen molar-refractivity contribution in [2.24, 2.45) is 0 Å². The summed E-state index contributed by atoms with van der Waals surface area (Å²) in [7, 11) is 2.98. The number of aromatic nitrogens is 1. The molecule has 0 radical (unpaired) electrons. The van der Waals surface area contributed by atoms with Crippen molar-refractivity contribution in [1.82, 2.24) is 10.0 Å². The van der Waals surface area contributed by atoms with Crippen LogP contribution in [0.25, 0.3) is 0 Å². The molecule has 1 amide bonds. The van der Waals surface area contributed by atoms with Crippen LogP contribution in [0, 0.1) is 0 Å². The van der Waals surface area contributed by atoms with E-state index in [4.69, 9.17) is 9.57 Å². The maximum absolute atomic E-state index is 11.6. The number of ether oxygens (including phenoxy) is 1. The zero-order valence-corrected chi connectivity index (χ0v) is 9.77. The molecule has 0 unspecified atom stereocenters. The van der Waals surface area contributed by atoms with E-state index < -0.39 is 0 Å². The van der Waals surface area contributed by atoms with Gasteiger partial charge in [0.25, 0.3) is 5.91 Å². The molecule has 1 aromatic rings. The van der Waals surface area contributed by atoms with E-state index in [1.54, 1.807) is 19.2 Å². The molecule has 1 heterocycles. The van der Waals surface area contributed by atoms with E-state index in [2.05, 4.69) is 4.98 Å². The minimum atomic E-state index is -0.239. The van der Waals surface area contributed by atoms with Gasteiger partial charge in [0.1, 0.15) is 0 Å². The highest BCUT2D eigenvalue weighted by atomic mass is 16.7. The van der Waals surface area contributed by atoms with E-state index in [1.807, 2.05) is 6.92 Å². The highest BCUT2D eigenvalue weighted by Crippen LogP contribution is 2.09. The second kappa shape index (κ2) is 6.07. The van der Waals surface area contributed by atoms with Crippen LogP contribution >= 0.6 is 0 Å². The monoisotopic (exact) mass is 224 g/mol. The minimum Gasteiger partial charge on any atom is -0.478 e. The van der Waals surface area contributed by atoms with E-state index in [-0.39, 0.29) is 5.91 Å². The van der Waals surface area contributed by atoms with Gasteiger partial charge in [0.2, 0.25) is 5.88 Å². The minimum absolute atomic E-state index is 0.239. The molecule has 0 aromatic carbocycles. The Morgan fingerprint density at radius 1 is 1.50 bits per heavy atom. The van der Waals surface area contributed by atoms with Crippen molar-refractivity contribution >= 4 is 5.91 Å². The molecule has 0 aliphatic rings. The van der Waals surface area contributed by atoms with E-state index in [9.17, 15) is 4.79 Å². The molecule has 0 saturated carbocycles. The number of amides is 1. The Morgan fingerprint density at radius 2 is 2.25 bits per heavy atom. The summed E-state index contributed by atoms with van der Waals surface area (Å²) in [5.74, 6) is 0.288. The SMILES string of the molecule is CCCOc1ccc(C(=O)N(C)OC)cn1. The van der Waals surface area contributed by atoms with E-state index in [0.717, 1.165) is 11.5 Å². The Morgan fingerprint density at radius 3 is 2.75 bits per heavy atom. The first-order valence-electron chi connectivity index (χ1n) is 5.10. The topological polar surface area (TPSA) is 51.7 Å². The predicted molar refractivity (Wildman–Crippen MR) is 59.1 cm³/mol. The maximum Gasteiger partial charge on any atom is 0.278 e. The molecule has 16 heavy (non-hydrogen) atoms. The van der Waals surface area contributed by atoms with Crippen molar-refractivity contribution in [2.45, 2.75) is 13.3 Å². The number of hydroxylamine groups is 2.